The van der Waals surface area contributed by atoms with Gasteiger partial charge in [-0.1, -0.05) is 31.2 Å². The molecule has 7 heteroatoms. The van der Waals surface area contributed by atoms with E-state index < -0.39 is 8.07 Å². The molecule has 0 aromatic carbocycles. The Morgan fingerprint density at radius 1 is 1.23 bits per heavy atom. The minimum absolute atomic E-state index is 0.483. The van der Waals surface area contributed by atoms with Crippen LogP contribution in [-0.2, 0) is 22.6 Å². The lowest BCUT2D eigenvalue weighted by molar-refractivity contribution is 0.0897. The predicted molar refractivity (Wildman–Crippen MR) is 92.2 cm³/mol. The van der Waals surface area contributed by atoms with Crippen LogP contribution in [0.25, 0.3) is 11.0 Å². The first-order chi connectivity index (χ1) is 10.4. The molecule has 2 aromatic rings. The quantitative estimate of drug-likeness (QED) is 0.418. The number of fused-ring (bicyclic) bond motifs is 1. The molecular formula is C15H24ClN3O2Si. The van der Waals surface area contributed by atoms with E-state index in [1.807, 2.05) is 10.8 Å². The lowest BCUT2D eigenvalue weighted by Gasteiger charge is -2.15. The van der Waals surface area contributed by atoms with Crippen LogP contribution in [0.5, 0.6) is 0 Å². The van der Waals surface area contributed by atoms with Crippen molar-refractivity contribution in [1.82, 2.24) is 14.5 Å². The van der Waals surface area contributed by atoms with Gasteiger partial charge in [0.2, 0.25) is 0 Å². The molecular weight excluding hydrogens is 318 g/mol. The molecule has 0 amide bonds. The van der Waals surface area contributed by atoms with Crippen LogP contribution in [0.15, 0.2) is 12.5 Å². The molecule has 0 aliphatic carbocycles. The molecule has 0 spiro atoms. The maximum absolute atomic E-state index is 6.24. The minimum atomic E-state index is -1.07. The van der Waals surface area contributed by atoms with Gasteiger partial charge in [-0.05, 0) is 18.0 Å². The van der Waals surface area contributed by atoms with E-state index in [0.29, 0.717) is 18.5 Å². The van der Waals surface area contributed by atoms with Crippen molar-refractivity contribution in [3.05, 3.63) is 23.2 Å². The Morgan fingerprint density at radius 2 is 2.00 bits per heavy atom. The topological polar surface area (TPSA) is 49.2 Å². The largest absolute Gasteiger partial charge is 0.384 e. The van der Waals surface area contributed by atoms with Crippen LogP contribution < -0.4 is 0 Å². The van der Waals surface area contributed by atoms with Crippen molar-refractivity contribution in [1.29, 1.82) is 0 Å². The Morgan fingerprint density at radius 3 is 2.68 bits per heavy atom. The van der Waals surface area contributed by atoms with Gasteiger partial charge in [-0.25, -0.2) is 9.97 Å². The third kappa shape index (κ3) is 4.52. The van der Waals surface area contributed by atoms with Crippen molar-refractivity contribution in [2.24, 2.45) is 0 Å². The normalized spacial score (nSPS) is 12.2. The third-order valence-corrected chi connectivity index (χ3v) is 5.48. The van der Waals surface area contributed by atoms with Gasteiger partial charge in [0.25, 0.3) is 0 Å². The van der Waals surface area contributed by atoms with Crippen molar-refractivity contribution < 1.29 is 9.47 Å². The van der Waals surface area contributed by atoms with Gasteiger partial charge in [0, 0.05) is 28.0 Å². The summed E-state index contributed by atoms with van der Waals surface area (Å²) in [5.41, 5.74) is 1.91. The van der Waals surface area contributed by atoms with E-state index in [1.165, 1.54) is 6.33 Å². The molecule has 0 atom stereocenters. The Bertz CT molecular complexity index is 625. The summed E-state index contributed by atoms with van der Waals surface area (Å²) < 4.78 is 13.0. The fourth-order valence-electron chi connectivity index (χ4n) is 2.20. The summed E-state index contributed by atoms with van der Waals surface area (Å²) in [6.45, 7) is 8.94. The number of hydrogen-bond donors (Lipinski definition) is 0. The van der Waals surface area contributed by atoms with Gasteiger partial charge in [0.15, 0.2) is 0 Å². The molecule has 0 aliphatic rings. The van der Waals surface area contributed by atoms with Crippen molar-refractivity contribution in [2.75, 3.05) is 20.3 Å². The number of methoxy groups -OCH3 is 1. The Hall–Kier alpha value is -0.953. The lowest BCUT2D eigenvalue weighted by Crippen LogP contribution is -2.22. The number of halogens is 1. The Kier molecular flexibility index (Phi) is 5.97. The summed E-state index contributed by atoms with van der Waals surface area (Å²) >= 11 is 6.24. The summed E-state index contributed by atoms with van der Waals surface area (Å²) in [6.07, 6.45) is 4.31. The second-order valence-corrected chi connectivity index (χ2v) is 12.6. The van der Waals surface area contributed by atoms with E-state index in [9.17, 15) is 0 Å². The maximum atomic E-state index is 6.24. The Balaban J connectivity index is 2.14. The summed E-state index contributed by atoms with van der Waals surface area (Å²) in [5.74, 6) is 0. The number of nitrogens with zero attached hydrogens (tertiary/aromatic N) is 3. The monoisotopic (exact) mass is 341 g/mol. The lowest BCUT2D eigenvalue weighted by atomic mass is 10.2. The fourth-order valence-corrected chi connectivity index (χ4v) is 3.21. The Labute approximate surface area is 137 Å². The van der Waals surface area contributed by atoms with E-state index in [-0.39, 0.29) is 0 Å². The number of aromatic nitrogens is 3. The standard InChI is InChI=1S/C15H24ClN3O2Si/c1-20-6-5-12-9-19(11-21-7-8-22(2,3)4)15-13(12)14(16)17-10-18-15/h9-10H,5-8,11H2,1-4H3. The average molecular weight is 342 g/mol. The summed E-state index contributed by atoms with van der Waals surface area (Å²) in [4.78, 5) is 8.44. The molecule has 5 nitrogen and oxygen atoms in total. The van der Waals surface area contributed by atoms with Crippen LogP contribution in [0.3, 0.4) is 0 Å². The van der Waals surface area contributed by atoms with Gasteiger partial charge in [-0.3, -0.25) is 0 Å². The number of rotatable bonds is 8. The first kappa shape index (κ1) is 17.4. The van der Waals surface area contributed by atoms with E-state index in [0.717, 1.165) is 35.7 Å². The van der Waals surface area contributed by atoms with Crippen molar-refractivity contribution >= 4 is 30.7 Å². The zero-order chi connectivity index (χ0) is 16.2. The van der Waals surface area contributed by atoms with E-state index in [2.05, 4.69) is 29.6 Å². The molecule has 0 aliphatic heterocycles. The zero-order valence-electron chi connectivity index (χ0n) is 13.7. The molecule has 0 fully saturated rings. The van der Waals surface area contributed by atoms with Crippen LogP contribution in [0, 0.1) is 0 Å². The first-order valence-electron chi connectivity index (χ1n) is 7.47. The van der Waals surface area contributed by atoms with Crippen LogP contribution in [0.4, 0.5) is 0 Å². The SMILES string of the molecule is COCCc1cn(COCC[Si](C)(C)C)c2ncnc(Cl)c12. The smallest absolute Gasteiger partial charge is 0.147 e. The van der Waals surface area contributed by atoms with Gasteiger partial charge in [-0.2, -0.15) is 0 Å². The highest BCUT2D eigenvalue weighted by molar-refractivity contribution is 6.76. The highest BCUT2D eigenvalue weighted by atomic mass is 35.5. The molecule has 2 rings (SSSR count). The van der Waals surface area contributed by atoms with Crippen molar-refractivity contribution in [3.63, 3.8) is 0 Å². The zero-order valence-corrected chi connectivity index (χ0v) is 15.5. The molecule has 0 saturated heterocycles. The van der Waals surface area contributed by atoms with E-state index in [1.54, 1.807) is 7.11 Å². The molecule has 0 N–H and O–H groups in total. The summed E-state index contributed by atoms with van der Waals surface area (Å²) in [7, 11) is 0.623. The van der Waals surface area contributed by atoms with E-state index >= 15 is 0 Å². The van der Waals surface area contributed by atoms with Crippen LogP contribution >= 0.6 is 11.6 Å². The summed E-state index contributed by atoms with van der Waals surface area (Å²) in [5, 5.41) is 1.38. The molecule has 22 heavy (non-hydrogen) atoms. The number of ether oxygens (including phenoxy) is 2. The fraction of sp³-hybridized carbons (Fsp3) is 0.600. The minimum Gasteiger partial charge on any atom is -0.384 e. The predicted octanol–water partition coefficient (Wildman–Crippen LogP) is 3.59. The van der Waals surface area contributed by atoms with Gasteiger partial charge in [0.1, 0.15) is 23.9 Å². The van der Waals surface area contributed by atoms with Gasteiger partial charge < -0.3 is 14.0 Å². The molecule has 0 saturated carbocycles. The highest BCUT2D eigenvalue weighted by Crippen LogP contribution is 2.26. The first-order valence-corrected chi connectivity index (χ1v) is 11.6. The highest BCUT2D eigenvalue weighted by Gasteiger charge is 2.15. The molecule has 0 unspecified atom stereocenters. The van der Waals surface area contributed by atoms with Crippen LogP contribution in [0.1, 0.15) is 5.56 Å². The second kappa shape index (κ2) is 7.54. The van der Waals surface area contributed by atoms with Crippen LogP contribution in [0.2, 0.25) is 30.8 Å². The van der Waals surface area contributed by atoms with Crippen molar-refractivity contribution in [3.8, 4) is 0 Å². The summed E-state index contributed by atoms with van der Waals surface area (Å²) in [6, 6.07) is 1.15. The molecule has 0 radical (unpaired) electrons. The maximum Gasteiger partial charge on any atom is 0.147 e. The van der Waals surface area contributed by atoms with Gasteiger partial charge in [-0.15, -0.1) is 0 Å². The number of hydrogen-bond acceptors (Lipinski definition) is 4. The van der Waals surface area contributed by atoms with Crippen LogP contribution in [-0.4, -0.2) is 42.9 Å². The molecule has 122 valence electrons. The average Bonchev–Trinajstić information content (AvgIpc) is 2.80. The van der Waals surface area contributed by atoms with Gasteiger partial charge in [0.05, 0.1) is 12.0 Å². The molecule has 0 bridgehead atoms. The third-order valence-electron chi connectivity index (χ3n) is 3.49. The van der Waals surface area contributed by atoms with E-state index in [4.69, 9.17) is 21.1 Å². The van der Waals surface area contributed by atoms with Crippen molar-refractivity contribution in [2.45, 2.75) is 38.8 Å². The molecule has 2 aromatic heterocycles. The van der Waals surface area contributed by atoms with Gasteiger partial charge >= 0.3 is 0 Å². The molecule has 2 heterocycles. The second-order valence-electron chi connectivity index (χ2n) is 6.58.